The summed E-state index contributed by atoms with van der Waals surface area (Å²) in [4.78, 5) is 1.55. The van der Waals surface area contributed by atoms with E-state index in [4.69, 9.17) is 5.41 Å². The van der Waals surface area contributed by atoms with E-state index < -0.39 is 17.6 Å². The van der Waals surface area contributed by atoms with Crippen molar-refractivity contribution in [3.8, 4) is 0 Å². The van der Waals surface area contributed by atoms with E-state index in [1.54, 1.807) is 4.90 Å². The van der Waals surface area contributed by atoms with Gasteiger partial charge in [0.1, 0.15) is 11.7 Å². The van der Waals surface area contributed by atoms with Crippen LogP contribution in [-0.4, -0.2) is 23.8 Å². The average molecular weight is 260 g/mol. The number of halogens is 4. The summed E-state index contributed by atoms with van der Waals surface area (Å²) < 4.78 is 51.5. The molecule has 1 saturated heterocycles. The summed E-state index contributed by atoms with van der Waals surface area (Å²) in [6, 6.07) is 2.24. The fraction of sp³-hybridized carbons (Fsp3) is 0.417. The first-order valence-electron chi connectivity index (χ1n) is 5.60. The highest BCUT2D eigenvalue weighted by Crippen LogP contribution is 2.33. The molecule has 1 fully saturated rings. The molecule has 1 aliphatic heterocycles. The third kappa shape index (κ3) is 2.47. The molecule has 18 heavy (non-hydrogen) atoms. The quantitative estimate of drug-likeness (QED) is 0.468. The highest BCUT2D eigenvalue weighted by Gasteiger charge is 2.35. The van der Waals surface area contributed by atoms with E-state index in [-0.39, 0.29) is 11.4 Å². The number of rotatable bonds is 1. The van der Waals surface area contributed by atoms with E-state index in [9.17, 15) is 17.6 Å². The highest BCUT2D eigenvalue weighted by atomic mass is 19.4. The molecule has 0 atom stereocenters. The van der Waals surface area contributed by atoms with Gasteiger partial charge in [-0.15, -0.1) is 0 Å². The van der Waals surface area contributed by atoms with Gasteiger partial charge >= 0.3 is 6.18 Å². The molecule has 1 aromatic carbocycles. The molecule has 0 unspecified atom stereocenters. The smallest absolute Gasteiger partial charge is 0.357 e. The minimum atomic E-state index is -4.57. The highest BCUT2D eigenvalue weighted by molar-refractivity contribution is 5.98. The van der Waals surface area contributed by atoms with Crippen LogP contribution < -0.4 is 0 Å². The zero-order valence-corrected chi connectivity index (χ0v) is 9.52. The summed E-state index contributed by atoms with van der Waals surface area (Å²) >= 11 is 0. The number of likely N-dealkylation sites (tertiary alicyclic amines) is 1. The molecular weight excluding hydrogens is 248 g/mol. The van der Waals surface area contributed by atoms with Gasteiger partial charge in [0.2, 0.25) is 0 Å². The maximum absolute atomic E-state index is 13.1. The Hall–Kier alpha value is -1.59. The largest absolute Gasteiger partial charge is 0.417 e. The molecule has 1 aliphatic rings. The van der Waals surface area contributed by atoms with Gasteiger partial charge in [0.05, 0.1) is 5.56 Å². The fourth-order valence-electron chi connectivity index (χ4n) is 2.07. The van der Waals surface area contributed by atoms with Crippen LogP contribution in [0.25, 0.3) is 0 Å². The van der Waals surface area contributed by atoms with Crippen molar-refractivity contribution in [2.24, 2.45) is 0 Å². The van der Waals surface area contributed by atoms with Crippen molar-refractivity contribution >= 4 is 5.84 Å². The fourth-order valence-corrected chi connectivity index (χ4v) is 2.07. The third-order valence-corrected chi connectivity index (χ3v) is 2.96. The Balaban J connectivity index is 2.41. The van der Waals surface area contributed by atoms with Crippen molar-refractivity contribution in [3.63, 3.8) is 0 Å². The van der Waals surface area contributed by atoms with Gasteiger partial charge in [-0.25, -0.2) is 4.39 Å². The molecule has 2 rings (SSSR count). The van der Waals surface area contributed by atoms with Crippen LogP contribution in [0.2, 0.25) is 0 Å². The zero-order valence-electron chi connectivity index (χ0n) is 9.52. The van der Waals surface area contributed by atoms with Crippen molar-refractivity contribution in [3.05, 3.63) is 35.1 Å². The van der Waals surface area contributed by atoms with Gasteiger partial charge < -0.3 is 4.90 Å². The predicted octanol–water partition coefficient (Wildman–Crippen LogP) is 3.27. The summed E-state index contributed by atoms with van der Waals surface area (Å²) in [6.07, 6.45) is -2.88. The topological polar surface area (TPSA) is 27.1 Å². The minimum Gasteiger partial charge on any atom is -0.357 e. The van der Waals surface area contributed by atoms with Crippen LogP contribution in [0.15, 0.2) is 18.2 Å². The number of benzene rings is 1. The van der Waals surface area contributed by atoms with Crippen molar-refractivity contribution in [2.75, 3.05) is 13.1 Å². The number of alkyl halides is 3. The number of hydrogen-bond acceptors (Lipinski definition) is 1. The van der Waals surface area contributed by atoms with Gasteiger partial charge in [0.25, 0.3) is 0 Å². The SMILES string of the molecule is N=C(c1cc(F)ccc1C(F)(F)F)N1CCCC1. The van der Waals surface area contributed by atoms with Gasteiger partial charge in [-0.3, -0.25) is 5.41 Å². The molecule has 0 aromatic heterocycles. The lowest BCUT2D eigenvalue weighted by molar-refractivity contribution is -0.137. The molecule has 6 heteroatoms. The van der Waals surface area contributed by atoms with Gasteiger partial charge in [0.15, 0.2) is 0 Å². The van der Waals surface area contributed by atoms with E-state index in [2.05, 4.69) is 0 Å². The standard InChI is InChI=1S/C12H12F4N2/c13-8-3-4-10(12(14,15)16)9(7-8)11(17)18-5-1-2-6-18/h3-4,7,17H,1-2,5-6H2. The van der Waals surface area contributed by atoms with Crippen molar-refractivity contribution in [1.29, 1.82) is 5.41 Å². The summed E-state index contributed by atoms with van der Waals surface area (Å²) in [7, 11) is 0. The molecule has 0 amide bonds. The second kappa shape index (κ2) is 4.59. The number of hydrogen-bond donors (Lipinski definition) is 1. The molecule has 0 aliphatic carbocycles. The predicted molar refractivity (Wildman–Crippen MR) is 59.0 cm³/mol. The average Bonchev–Trinajstić information content (AvgIpc) is 2.79. The molecule has 0 saturated carbocycles. The zero-order chi connectivity index (χ0) is 13.3. The lowest BCUT2D eigenvalue weighted by atomic mass is 10.1. The molecule has 1 aromatic rings. The second-order valence-electron chi connectivity index (χ2n) is 4.23. The maximum atomic E-state index is 13.1. The minimum absolute atomic E-state index is 0.251. The van der Waals surface area contributed by atoms with E-state index in [0.717, 1.165) is 25.0 Å². The van der Waals surface area contributed by atoms with Crippen LogP contribution >= 0.6 is 0 Å². The molecular formula is C12H12F4N2. The summed E-state index contributed by atoms with van der Waals surface area (Å²) in [5, 5.41) is 7.80. The molecule has 1 N–H and O–H groups in total. The number of nitrogens with zero attached hydrogens (tertiary/aromatic N) is 1. The van der Waals surface area contributed by atoms with Crippen LogP contribution in [0.5, 0.6) is 0 Å². The molecule has 2 nitrogen and oxygen atoms in total. The lowest BCUT2D eigenvalue weighted by Gasteiger charge is -2.21. The molecule has 1 heterocycles. The molecule has 0 radical (unpaired) electrons. The van der Waals surface area contributed by atoms with Gasteiger partial charge in [-0.2, -0.15) is 13.2 Å². The van der Waals surface area contributed by atoms with Crippen molar-refractivity contribution in [1.82, 2.24) is 4.90 Å². The lowest BCUT2D eigenvalue weighted by Crippen LogP contribution is -2.30. The van der Waals surface area contributed by atoms with Crippen LogP contribution in [0.1, 0.15) is 24.0 Å². The normalized spacial score (nSPS) is 16.1. The number of amidine groups is 1. The van der Waals surface area contributed by atoms with E-state index in [1.807, 2.05) is 0 Å². The van der Waals surface area contributed by atoms with Gasteiger partial charge in [-0.1, -0.05) is 0 Å². The van der Waals surface area contributed by atoms with Crippen molar-refractivity contribution < 1.29 is 17.6 Å². The Morgan fingerprint density at radius 3 is 2.33 bits per heavy atom. The van der Waals surface area contributed by atoms with Gasteiger partial charge in [0, 0.05) is 18.7 Å². The summed E-state index contributed by atoms with van der Waals surface area (Å²) in [6.45, 7) is 1.10. The first kappa shape index (κ1) is 12.9. The Morgan fingerprint density at radius 1 is 1.17 bits per heavy atom. The molecule has 0 bridgehead atoms. The number of nitrogens with one attached hydrogen (secondary N) is 1. The van der Waals surface area contributed by atoms with E-state index >= 15 is 0 Å². The van der Waals surface area contributed by atoms with Crippen LogP contribution in [0.3, 0.4) is 0 Å². The Morgan fingerprint density at radius 2 is 1.78 bits per heavy atom. The monoisotopic (exact) mass is 260 g/mol. The van der Waals surface area contributed by atoms with Gasteiger partial charge in [-0.05, 0) is 31.0 Å². The summed E-state index contributed by atoms with van der Waals surface area (Å²) in [5.74, 6) is -1.01. The van der Waals surface area contributed by atoms with Crippen LogP contribution in [-0.2, 0) is 6.18 Å². The molecule has 0 spiro atoms. The first-order valence-corrected chi connectivity index (χ1v) is 5.60. The third-order valence-electron chi connectivity index (χ3n) is 2.96. The summed E-state index contributed by atoms with van der Waals surface area (Å²) in [5.41, 5.74) is -1.34. The second-order valence-corrected chi connectivity index (χ2v) is 4.23. The van der Waals surface area contributed by atoms with Crippen LogP contribution in [0.4, 0.5) is 17.6 Å². The first-order chi connectivity index (χ1) is 8.39. The Bertz CT molecular complexity index is 462. The Kier molecular flexibility index (Phi) is 3.28. The Labute approximate surface area is 102 Å². The molecule has 98 valence electrons. The van der Waals surface area contributed by atoms with E-state index in [1.165, 1.54) is 0 Å². The van der Waals surface area contributed by atoms with E-state index in [0.29, 0.717) is 19.2 Å². The maximum Gasteiger partial charge on any atom is 0.417 e. The van der Waals surface area contributed by atoms with Crippen LogP contribution in [0, 0.1) is 11.2 Å². The van der Waals surface area contributed by atoms with Crippen molar-refractivity contribution in [2.45, 2.75) is 19.0 Å².